The maximum atomic E-state index is 14.1. The first-order chi connectivity index (χ1) is 14.6. The Kier molecular flexibility index (Phi) is 5.34. The van der Waals surface area contributed by atoms with E-state index in [0.717, 1.165) is 5.56 Å². The molecule has 1 heterocycles. The van der Waals surface area contributed by atoms with Crippen LogP contribution in [0.25, 0.3) is 10.9 Å². The van der Waals surface area contributed by atoms with E-state index >= 15 is 0 Å². The number of methoxy groups -OCH3 is 2. The highest BCUT2D eigenvalue weighted by Crippen LogP contribution is 2.34. The van der Waals surface area contributed by atoms with E-state index in [2.05, 4.69) is 15.3 Å². The molecule has 0 fully saturated rings. The van der Waals surface area contributed by atoms with Gasteiger partial charge in [0, 0.05) is 5.56 Å². The molecule has 0 saturated heterocycles. The van der Waals surface area contributed by atoms with Gasteiger partial charge in [0.15, 0.2) is 0 Å². The molecule has 2 N–H and O–H groups in total. The number of rotatable bonds is 6. The number of aromatic amines is 1. The largest absolute Gasteiger partial charge is 0.497 e. The second kappa shape index (κ2) is 8.24. The normalized spacial score (nSPS) is 11.8. The topological polar surface area (TPSA) is 76.2 Å². The highest BCUT2D eigenvalue weighted by molar-refractivity contribution is 5.78. The summed E-state index contributed by atoms with van der Waals surface area (Å²) in [5.41, 5.74) is 1.63. The molecule has 0 aliphatic heterocycles. The number of ether oxygens (including phenoxy) is 2. The first kappa shape index (κ1) is 19.4. The summed E-state index contributed by atoms with van der Waals surface area (Å²) in [6.45, 7) is 0. The van der Waals surface area contributed by atoms with E-state index in [1.54, 1.807) is 31.4 Å². The van der Waals surface area contributed by atoms with Crippen molar-refractivity contribution in [2.75, 3.05) is 19.5 Å². The summed E-state index contributed by atoms with van der Waals surface area (Å²) in [5.74, 6) is 1.01. The molecule has 0 saturated carbocycles. The van der Waals surface area contributed by atoms with Gasteiger partial charge in [-0.05, 0) is 48.0 Å². The number of aromatic nitrogens is 2. The second-order valence-electron chi connectivity index (χ2n) is 6.67. The van der Waals surface area contributed by atoms with E-state index < -0.39 is 11.9 Å². The molecule has 3 aromatic carbocycles. The van der Waals surface area contributed by atoms with Crippen LogP contribution in [0.3, 0.4) is 0 Å². The van der Waals surface area contributed by atoms with Crippen LogP contribution in [0, 0.1) is 5.82 Å². The van der Waals surface area contributed by atoms with Gasteiger partial charge < -0.3 is 14.8 Å². The molecule has 1 unspecified atom stereocenters. The van der Waals surface area contributed by atoms with E-state index in [-0.39, 0.29) is 11.5 Å². The summed E-state index contributed by atoms with van der Waals surface area (Å²) >= 11 is 0. The SMILES string of the molecule is COc1cccc(C(Nc2nc3ccccc3c(=O)[nH]2)c2cc(F)ccc2OC)c1. The van der Waals surface area contributed by atoms with E-state index in [1.807, 2.05) is 30.3 Å². The predicted molar refractivity (Wildman–Crippen MR) is 114 cm³/mol. The standard InChI is InChI=1S/C23H20FN3O3/c1-29-16-7-5-6-14(12-16)21(18-13-15(24)10-11-20(18)30-2)26-23-25-19-9-4-3-8-17(19)22(28)27-23/h3-13,21H,1-2H3,(H2,25,26,27,28). The Morgan fingerprint density at radius 1 is 1.00 bits per heavy atom. The summed E-state index contributed by atoms with van der Waals surface area (Å²) in [6.07, 6.45) is 0. The number of para-hydroxylation sites is 1. The smallest absolute Gasteiger partial charge is 0.260 e. The van der Waals surface area contributed by atoms with Crippen LogP contribution in [-0.2, 0) is 0 Å². The lowest BCUT2D eigenvalue weighted by Gasteiger charge is -2.23. The van der Waals surface area contributed by atoms with Crippen LogP contribution < -0.4 is 20.3 Å². The van der Waals surface area contributed by atoms with Gasteiger partial charge in [0.1, 0.15) is 17.3 Å². The molecule has 4 rings (SSSR count). The van der Waals surface area contributed by atoms with Crippen LogP contribution in [-0.4, -0.2) is 24.2 Å². The lowest BCUT2D eigenvalue weighted by Crippen LogP contribution is -2.19. The molecule has 0 aliphatic carbocycles. The number of hydrogen-bond acceptors (Lipinski definition) is 5. The number of nitrogens with zero attached hydrogens (tertiary/aromatic N) is 1. The molecule has 0 bridgehead atoms. The Morgan fingerprint density at radius 3 is 2.63 bits per heavy atom. The van der Waals surface area contributed by atoms with Gasteiger partial charge in [0.05, 0.1) is 31.2 Å². The molecule has 1 aromatic heterocycles. The third kappa shape index (κ3) is 3.82. The van der Waals surface area contributed by atoms with Crippen LogP contribution in [0.15, 0.2) is 71.5 Å². The zero-order valence-corrected chi connectivity index (χ0v) is 16.5. The van der Waals surface area contributed by atoms with Gasteiger partial charge in [-0.1, -0.05) is 24.3 Å². The minimum atomic E-state index is -0.560. The van der Waals surface area contributed by atoms with E-state index in [0.29, 0.717) is 28.0 Å². The van der Waals surface area contributed by atoms with Gasteiger partial charge in [-0.2, -0.15) is 0 Å². The summed E-state index contributed by atoms with van der Waals surface area (Å²) < 4.78 is 24.9. The molecular formula is C23H20FN3O3. The maximum absolute atomic E-state index is 14.1. The summed E-state index contributed by atoms with van der Waals surface area (Å²) in [7, 11) is 3.10. The Bertz CT molecular complexity index is 1260. The zero-order chi connectivity index (χ0) is 21.1. The molecule has 7 heteroatoms. The molecule has 0 spiro atoms. The summed E-state index contributed by atoms with van der Waals surface area (Å²) in [4.78, 5) is 19.8. The van der Waals surface area contributed by atoms with Crippen LogP contribution in [0.1, 0.15) is 17.2 Å². The fourth-order valence-electron chi connectivity index (χ4n) is 3.38. The van der Waals surface area contributed by atoms with Crippen molar-refractivity contribution in [1.29, 1.82) is 0 Å². The van der Waals surface area contributed by atoms with E-state index in [9.17, 15) is 9.18 Å². The number of halogens is 1. The van der Waals surface area contributed by atoms with Gasteiger partial charge in [-0.25, -0.2) is 9.37 Å². The first-order valence-electron chi connectivity index (χ1n) is 9.32. The number of H-pyrrole nitrogens is 1. The van der Waals surface area contributed by atoms with Crippen molar-refractivity contribution in [3.8, 4) is 11.5 Å². The van der Waals surface area contributed by atoms with Gasteiger partial charge in [-0.15, -0.1) is 0 Å². The summed E-state index contributed by atoms with van der Waals surface area (Å²) in [5, 5.41) is 3.72. The van der Waals surface area contributed by atoms with Gasteiger partial charge in [-0.3, -0.25) is 9.78 Å². The monoisotopic (exact) mass is 405 g/mol. The Hall–Kier alpha value is -3.87. The Balaban J connectivity index is 1.86. The number of benzene rings is 3. The van der Waals surface area contributed by atoms with Gasteiger partial charge in [0.25, 0.3) is 5.56 Å². The quantitative estimate of drug-likeness (QED) is 0.501. The third-order valence-electron chi connectivity index (χ3n) is 4.82. The second-order valence-corrected chi connectivity index (χ2v) is 6.67. The van der Waals surface area contributed by atoms with Crippen molar-refractivity contribution in [1.82, 2.24) is 9.97 Å². The highest BCUT2D eigenvalue weighted by atomic mass is 19.1. The van der Waals surface area contributed by atoms with Crippen molar-refractivity contribution in [3.63, 3.8) is 0 Å². The number of fused-ring (bicyclic) bond motifs is 1. The van der Waals surface area contributed by atoms with E-state index in [4.69, 9.17) is 9.47 Å². The van der Waals surface area contributed by atoms with Crippen molar-refractivity contribution in [2.45, 2.75) is 6.04 Å². The van der Waals surface area contributed by atoms with Crippen molar-refractivity contribution in [3.05, 3.63) is 94.0 Å². The van der Waals surface area contributed by atoms with Crippen molar-refractivity contribution in [2.24, 2.45) is 0 Å². The van der Waals surface area contributed by atoms with Crippen LogP contribution in [0.4, 0.5) is 10.3 Å². The van der Waals surface area contributed by atoms with Gasteiger partial charge in [0.2, 0.25) is 5.95 Å². The molecular weight excluding hydrogens is 385 g/mol. The number of hydrogen-bond donors (Lipinski definition) is 2. The lowest BCUT2D eigenvalue weighted by atomic mass is 9.97. The highest BCUT2D eigenvalue weighted by Gasteiger charge is 2.21. The van der Waals surface area contributed by atoms with Crippen molar-refractivity contribution < 1.29 is 13.9 Å². The van der Waals surface area contributed by atoms with Gasteiger partial charge >= 0.3 is 0 Å². The fourth-order valence-corrected chi connectivity index (χ4v) is 3.38. The molecule has 152 valence electrons. The molecule has 1 atom stereocenters. The number of nitrogens with one attached hydrogen (secondary N) is 2. The minimum absolute atomic E-state index is 0.262. The molecule has 4 aromatic rings. The van der Waals surface area contributed by atoms with E-state index in [1.165, 1.54) is 19.2 Å². The van der Waals surface area contributed by atoms with Crippen LogP contribution >= 0.6 is 0 Å². The fraction of sp³-hybridized carbons (Fsp3) is 0.130. The molecule has 0 radical (unpaired) electrons. The van der Waals surface area contributed by atoms with Crippen LogP contribution in [0.5, 0.6) is 11.5 Å². The minimum Gasteiger partial charge on any atom is -0.497 e. The average molecular weight is 405 g/mol. The van der Waals surface area contributed by atoms with Crippen LogP contribution in [0.2, 0.25) is 0 Å². The maximum Gasteiger partial charge on any atom is 0.260 e. The first-order valence-corrected chi connectivity index (χ1v) is 9.32. The lowest BCUT2D eigenvalue weighted by molar-refractivity contribution is 0.406. The zero-order valence-electron chi connectivity index (χ0n) is 16.5. The molecule has 6 nitrogen and oxygen atoms in total. The number of anilines is 1. The molecule has 0 aliphatic rings. The Labute approximate surface area is 172 Å². The third-order valence-corrected chi connectivity index (χ3v) is 4.82. The molecule has 0 amide bonds. The van der Waals surface area contributed by atoms with Crippen molar-refractivity contribution >= 4 is 16.9 Å². The predicted octanol–water partition coefficient (Wildman–Crippen LogP) is 4.28. The molecule has 30 heavy (non-hydrogen) atoms. The Morgan fingerprint density at radius 2 is 1.83 bits per heavy atom. The average Bonchev–Trinajstić information content (AvgIpc) is 2.77. The summed E-state index contributed by atoms with van der Waals surface area (Å²) in [6, 6.07) is 18.2.